The Balaban J connectivity index is 2.50. The summed E-state index contributed by atoms with van der Waals surface area (Å²) in [5, 5.41) is 3.80. The fourth-order valence-corrected chi connectivity index (χ4v) is 2.56. The first-order chi connectivity index (χ1) is 9.43. The van der Waals surface area contributed by atoms with Crippen LogP contribution >= 0.6 is 34.2 Å². The van der Waals surface area contributed by atoms with E-state index in [1.807, 2.05) is 32.9 Å². The molecule has 2 rings (SSSR count). The first-order valence-electron chi connectivity index (χ1n) is 6.05. The van der Waals surface area contributed by atoms with Crippen molar-refractivity contribution in [3.63, 3.8) is 0 Å². The Labute approximate surface area is 137 Å². The maximum atomic E-state index is 6.10. The van der Waals surface area contributed by atoms with Crippen LogP contribution in [-0.4, -0.2) is 17.1 Å². The van der Waals surface area contributed by atoms with Gasteiger partial charge in [0.1, 0.15) is 22.5 Å². The third kappa shape index (κ3) is 2.98. The fraction of sp³-hybridized carbons (Fsp3) is 0.286. The van der Waals surface area contributed by atoms with Gasteiger partial charge in [-0.2, -0.15) is 0 Å². The van der Waals surface area contributed by atoms with Crippen LogP contribution in [0.4, 0.5) is 11.5 Å². The van der Waals surface area contributed by atoms with Crippen LogP contribution in [-0.2, 0) is 0 Å². The van der Waals surface area contributed by atoms with E-state index in [4.69, 9.17) is 16.3 Å². The van der Waals surface area contributed by atoms with Gasteiger partial charge in [0, 0.05) is 11.3 Å². The average Bonchev–Trinajstić information content (AvgIpc) is 2.40. The predicted octanol–water partition coefficient (Wildman–Crippen LogP) is 4.41. The second kappa shape index (κ2) is 6.13. The van der Waals surface area contributed by atoms with Gasteiger partial charge in [0.15, 0.2) is 0 Å². The number of halogens is 2. The molecule has 0 aliphatic rings. The molecule has 1 heterocycles. The summed E-state index contributed by atoms with van der Waals surface area (Å²) in [7, 11) is 1.66. The summed E-state index contributed by atoms with van der Waals surface area (Å²) in [5.74, 6) is 2.18. The number of rotatable bonds is 3. The van der Waals surface area contributed by atoms with Crippen LogP contribution in [0, 0.1) is 24.3 Å². The molecule has 0 saturated heterocycles. The Morgan fingerprint density at radius 2 is 1.90 bits per heavy atom. The second-order valence-corrected chi connectivity index (χ2v) is 5.87. The quantitative estimate of drug-likeness (QED) is 0.609. The van der Waals surface area contributed by atoms with E-state index in [2.05, 4.69) is 37.9 Å². The van der Waals surface area contributed by atoms with Gasteiger partial charge < -0.3 is 10.1 Å². The van der Waals surface area contributed by atoms with Crippen molar-refractivity contribution in [1.29, 1.82) is 0 Å². The van der Waals surface area contributed by atoms with E-state index in [1.165, 1.54) is 0 Å². The number of nitrogens with one attached hydrogen (secondary N) is 1. The van der Waals surface area contributed by atoms with Gasteiger partial charge >= 0.3 is 0 Å². The lowest BCUT2D eigenvalue weighted by atomic mass is 10.1. The zero-order chi connectivity index (χ0) is 14.9. The molecule has 1 aromatic carbocycles. The summed E-state index contributed by atoms with van der Waals surface area (Å²) in [5.41, 5.74) is 3.14. The van der Waals surface area contributed by atoms with Crippen LogP contribution in [0.5, 0.6) is 5.75 Å². The highest BCUT2D eigenvalue weighted by Crippen LogP contribution is 2.33. The zero-order valence-electron chi connectivity index (χ0n) is 11.7. The van der Waals surface area contributed by atoms with Crippen molar-refractivity contribution in [3.05, 3.63) is 37.8 Å². The van der Waals surface area contributed by atoms with E-state index < -0.39 is 0 Å². The van der Waals surface area contributed by atoms with Crippen LogP contribution in [0.3, 0.4) is 0 Å². The summed E-state index contributed by atoms with van der Waals surface area (Å²) in [4.78, 5) is 8.55. The third-order valence-electron chi connectivity index (χ3n) is 3.01. The van der Waals surface area contributed by atoms with Crippen LogP contribution in [0.2, 0.25) is 5.15 Å². The number of hydrogen-bond donors (Lipinski definition) is 1. The molecular weight excluding hydrogens is 389 g/mol. The molecule has 6 heteroatoms. The normalized spacial score (nSPS) is 10.5. The minimum absolute atomic E-state index is 0.457. The Morgan fingerprint density at radius 1 is 1.20 bits per heavy atom. The van der Waals surface area contributed by atoms with Crippen LogP contribution in [0.1, 0.15) is 17.0 Å². The lowest BCUT2D eigenvalue weighted by Gasteiger charge is -2.16. The molecule has 0 amide bonds. The molecule has 1 N–H and O–H groups in total. The Bertz CT molecular complexity index is 661. The molecule has 0 unspecified atom stereocenters. The highest BCUT2D eigenvalue weighted by Gasteiger charge is 2.13. The fourth-order valence-electron chi connectivity index (χ4n) is 1.97. The number of aryl methyl sites for hydroxylation is 2. The number of anilines is 2. The lowest BCUT2D eigenvalue weighted by Crippen LogP contribution is -2.04. The summed E-state index contributed by atoms with van der Waals surface area (Å²) >= 11 is 8.24. The van der Waals surface area contributed by atoms with Gasteiger partial charge in [0.2, 0.25) is 0 Å². The number of nitrogens with zero attached hydrogens (tertiary/aromatic N) is 2. The lowest BCUT2D eigenvalue weighted by molar-refractivity contribution is 0.412. The SMILES string of the molecule is COc1ccc(C)c(Nc2nc(C)nc(Cl)c2I)c1C. The van der Waals surface area contributed by atoms with E-state index in [-0.39, 0.29) is 0 Å². The molecule has 0 aliphatic carbocycles. The number of hydrogen-bond acceptors (Lipinski definition) is 4. The molecule has 0 radical (unpaired) electrons. The number of benzene rings is 1. The smallest absolute Gasteiger partial charge is 0.149 e. The van der Waals surface area contributed by atoms with Gasteiger partial charge in [-0.15, -0.1) is 0 Å². The number of methoxy groups -OCH3 is 1. The van der Waals surface area contributed by atoms with Gasteiger partial charge in [-0.05, 0) is 55.0 Å². The zero-order valence-corrected chi connectivity index (χ0v) is 14.6. The van der Waals surface area contributed by atoms with Crippen molar-refractivity contribution in [1.82, 2.24) is 9.97 Å². The number of aromatic nitrogens is 2. The van der Waals surface area contributed by atoms with Crippen LogP contribution in [0.15, 0.2) is 12.1 Å². The molecule has 0 atom stereocenters. The minimum atomic E-state index is 0.457. The summed E-state index contributed by atoms with van der Waals surface area (Å²) in [6, 6.07) is 3.97. The molecule has 0 spiro atoms. The maximum Gasteiger partial charge on any atom is 0.149 e. The highest BCUT2D eigenvalue weighted by atomic mass is 127. The highest BCUT2D eigenvalue weighted by molar-refractivity contribution is 14.1. The standard InChI is InChI=1S/C14H15ClIN3O/c1-7-5-6-10(20-4)8(2)12(7)19-14-11(16)13(15)17-9(3)18-14/h5-6H,1-4H3,(H,17,18,19). The van der Waals surface area contributed by atoms with Crippen LogP contribution < -0.4 is 10.1 Å². The van der Waals surface area contributed by atoms with E-state index in [9.17, 15) is 0 Å². The summed E-state index contributed by atoms with van der Waals surface area (Å²) in [6.45, 7) is 5.87. The van der Waals surface area contributed by atoms with Crippen molar-refractivity contribution < 1.29 is 4.74 Å². The van der Waals surface area contributed by atoms with E-state index >= 15 is 0 Å². The molecular formula is C14H15ClIN3O. The second-order valence-electron chi connectivity index (χ2n) is 4.43. The molecule has 106 valence electrons. The Hall–Kier alpha value is -1.08. The first kappa shape index (κ1) is 15.3. The van der Waals surface area contributed by atoms with Gasteiger partial charge in [0.25, 0.3) is 0 Å². The van der Waals surface area contributed by atoms with Crippen LogP contribution in [0.25, 0.3) is 0 Å². The third-order valence-corrected chi connectivity index (χ3v) is 4.62. The average molecular weight is 404 g/mol. The first-order valence-corrected chi connectivity index (χ1v) is 7.50. The van der Waals surface area contributed by atoms with E-state index in [0.29, 0.717) is 16.8 Å². The van der Waals surface area contributed by atoms with Crippen molar-refractivity contribution >= 4 is 45.7 Å². The Morgan fingerprint density at radius 3 is 2.55 bits per heavy atom. The molecule has 4 nitrogen and oxygen atoms in total. The van der Waals surface area contributed by atoms with Crippen molar-refractivity contribution in [2.24, 2.45) is 0 Å². The van der Waals surface area contributed by atoms with Crippen molar-refractivity contribution in [2.75, 3.05) is 12.4 Å². The molecule has 20 heavy (non-hydrogen) atoms. The maximum absolute atomic E-state index is 6.10. The summed E-state index contributed by atoms with van der Waals surface area (Å²) < 4.78 is 6.16. The largest absolute Gasteiger partial charge is 0.496 e. The number of ether oxygens (including phenoxy) is 1. The predicted molar refractivity (Wildman–Crippen MR) is 90.2 cm³/mol. The van der Waals surface area contributed by atoms with E-state index in [1.54, 1.807) is 7.11 Å². The molecule has 0 bridgehead atoms. The molecule has 2 aromatic rings. The summed E-state index contributed by atoms with van der Waals surface area (Å²) in [6.07, 6.45) is 0. The minimum Gasteiger partial charge on any atom is -0.496 e. The van der Waals surface area contributed by atoms with Crippen molar-refractivity contribution in [2.45, 2.75) is 20.8 Å². The molecule has 0 saturated carbocycles. The van der Waals surface area contributed by atoms with E-state index in [0.717, 1.165) is 26.1 Å². The molecule has 1 aromatic heterocycles. The molecule has 0 aliphatic heterocycles. The monoisotopic (exact) mass is 403 g/mol. The van der Waals surface area contributed by atoms with Gasteiger partial charge in [-0.1, -0.05) is 17.7 Å². The van der Waals surface area contributed by atoms with Crippen molar-refractivity contribution in [3.8, 4) is 5.75 Å². The van der Waals surface area contributed by atoms with Gasteiger partial charge in [-0.25, -0.2) is 9.97 Å². The Kier molecular flexibility index (Phi) is 4.70. The topological polar surface area (TPSA) is 47.0 Å². The van der Waals surface area contributed by atoms with Gasteiger partial charge in [-0.3, -0.25) is 0 Å². The van der Waals surface area contributed by atoms with Gasteiger partial charge in [0.05, 0.1) is 10.7 Å². The molecule has 0 fully saturated rings.